The van der Waals surface area contributed by atoms with Gasteiger partial charge in [0.2, 0.25) is 0 Å². The highest BCUT2D eigenvalue weighted by atomic mass is 16.7. The molecular weight excluding hydrogens is 281 g/mol. The number of hydrogen-bond donors (Lipinski definition) is 1. The number of rotatable bonds is 2. The van der Waals surface area contributed by atoms with Crippen molar-refractivity contribution in [2.24, 2.45) is 0 Å². The summed E-state index contributed by atoms with van der Waals surface area (Å²) in [6.07, 6.45) is 1.93. The molecular formula is C16H20BNO4. The van der Waals surface area contributed by atoms with Gasteiger partial charge >= 0.3 is 7.12 Å². The fourth-order valence-corrected chi connectivity index (χ4v) is 2.35. The lowest BCUT2D eigenvalue weighted by Gasteiger charge is -2.32. The van der Waals surface area contributed by atoms with Crippen LogP contribution in [0, 0.1) is 0 Å². The van der Waals surface area contributed by atoms with E-state index in [2.05, 4.69) is 5.32 Å². The van der Waals surface area contributed by atoms with Crippen LogP contribution in [0.25, 0.3) is 6.08 Å². The zero-order valence-electron chi connectivity index (χ0n) is 13.3. The SMILES string of the molecule is CC1(C)OB(/C=C/c2ccc3c(c2)OCC(=O)N3)OC1(C)C. The van der Waals surface area contributed by atoms with Gasteiger partial charge in [-0.1, -0.05) is 18.1 Å². The van der Waals surface area contributed by atoms with Crippen molar-refractivity contribution in [1.82, 2.24) is 0 Å². The highest BCUT2D eigenvalue weighted by Crippen LogP contribution is 2.37. The van der Waals surface area contributed by atoms with E-state index in [0.717, 1.165) is 5.56 Å². The van der Waals surface area contributed by atoms with E-state index < -0.39 is 0 Å². The molecule has 0 atom stereocenters. The van der Waals surface area contributed by atoms with Crippen molar-refractivity contribution in [3.8, 4) is 5.75 Å². The van der Waals surface area contributed by atoms with Crippen molar-refractivity contribution in [3.63, 3.8) is 0 Å². The van der Waals surface area contributed by atoms with Crippen LogP contribution in [0.2, 0.25) is 0 Å². The van der Waals surface area contributed by atoms with Crippen LogP contribution in [0.15, 0.2) is 24.2 Å². The van der Waals surface area contributed by atoms with Crippen molar-refractivity contribution in [1.29, 1.82) is 0 Å². The number of ether oxygens (including phenoxy) is 1. The van der Waals surface area contributed by atoms with Crippen LogP contribution in [0.3, 0.4) is 0 Å². The molecule has 0 unspecified atom stereocenters. The monoisotopic (exact) mass is 301 g/mol. The minimum Gasteiger partial charge on any atom is -0.482 e. The van der Waals surface area contributed by atoms with E-state index in [4.69, 9.17) is 14.0 Å². The van der Waals surface area contributed by atoms with Crippen molar-refractivity contribution in [3.05, 3.63) is 29.7 Å². The van der Waals surface area contributed by atoms with Crippen LogP contribution < -0.4 is 10.1 Å². The topological polar surface area (TPSA) is 56.8 Å². The maximum atomic E-state index is 11.2. The molecule has 1 N–H and O–H groups in total. The number of benzene rings is 1. The lowest BCUT2D eigenvalue weighted by Crippen LogP contribution is -2.41. The summed E-state index contributed by atoms with van der Waals surface area (Å²) in [5.41, 5.74) is 0.977. The Morgan fingerprint density at radius 2 is 1.86 bits per heavy atom. The summed E-state index contributed by atoms with van der Waals surface area (Å²) < 4.78 is 17.2. The lowest BCUT2D eigenvalue weighted by molar-refractivity contribution is -0.118. The van der Waals surface area contributed by atoms with Crippen LogP contribution in [-0.2, 0) is 14.1 Å². The third-order valence-electron chi connectivity index (χ3n) is 4.36. The van der Waals surface area contributed by atoms with Crippen molar-refractivity contribution in [2.45, 2.75) is 38.9 Å². The van der Waals surface area contributed by atoms with Gasteiger partial charge in [0, 0.05) is 0 Å². The van der Waals surface area contributed by atoms with Gasteiger partial charge in [0.25, 0.3) is 5.91 Å². The Kier molecular flexibility index (Phi) is 3.53. The Morgan fingerprint density at radius 1 is 1.18 bits per heavy atom. The van der Waals surface area contributed by atoms with Gasteiger partial charge in [-0.25, -0.2) is 0 Å². The van der Waals surface area contributed by atoms with E-state index in [-0.39, 0.29) is 30.8 Å². The normalized spacial score (nSPS) is 22.4. The molecule has 0 spiro atoms. The molecule has 22 heavy (non-hydrogen) atoms. The second-order valence-electron chi connectivity index (χ2n) is 6.58. The molecule has 0 aromatic heterocycles. The van der Waals surface area contributed by atoms with Gasteiger partial charge in [0.15, 0.2) is 6.61 Å². The molecule has 116 valence electrons. The molecule has 1 saturated heterocycles. The van der Waals surface area contributed by atoms with Gasteiger partial charge in [0.05, 0.1) is 16.9 Å². The number of carbonyl (C=O) groups excluding carboxylic acids is 1. The van der Waals surface area contributed by atoms with Crippen LogP contribution in [0.4, 0.5) is 5.69 Å². The molecule has 0 bridgehead atoms. The average molecular weight is 301 g/mol. The molecule has 2 heterocycles. The molecule has 1 aromatic carbocycles. The summed E-state index contributed by atoms with van der Waals surface area (Å²) >= 11 is 0. The van der Waals surface area contributed by atoms with Crippen LogP contribution in [0.1, 0.15) is 33.3 Å². The van der Waals surface area contributed by atoms with Crippen LogP contribution in [-0.4, -0.2) is 30.8 Å². The first-order chi connectivity index (χ1) is 10.3. The average Bonchev–Trinajstić information content (AvgIpc) is 2.64. The molecule has 0 radical (unpaired) electrons. The van der Waals surface area contributed by atoms with Gasteiger partial charge in [-0.2, -0.15) is 0 Å². The fourth-order valence-electron chi connectivity index (χ4n) is 2.35. The molecule has 1 aromatic rings. The number of hydrogen-bond acceptors (Lipinski definition) is 4. The maximum Gasteiger partial charge on any atom is 0.487 e. The summed E-state index contributed by atoms with van der Waals surface area (Å²) in [4.78, 5) is 11.2. The standard InChI is InChI=1S/C16H20BNO4/c1-15(2)16(3,4)22-17(21-15)8-7-11-5-6-12-13(9-11)20-10-14(19)18-12/h5-9H,10H2,1-4H3,(H,18,19)/b8-7+. The van der Waals surface area contributed by atoms with Crippen LogP contribution >= 0.6 is 0 Å². The molecule has 1 amide bonds. The van der Waals surface area contributed by atoms with Gasteiger partial charge in [-0.3, -0.25) is 4.79 Å². The smallest absolute Gasteiger partial charge is 0.482 e. The molecule has 5 nitrogen and oxygen atoms in total. The number of fused-ring (bicyclic) bond motifs is 1. The zero-order valence-corrected chi connectivity index (χ0v) is 13.3. The predicted molar refractivity (Wildman–Crippen MR) is 85.7 cm³/mol. The first kappa shape index (κ1) is 15.1. The van der Waals surface area contributed by atoms with E-state index in [1.807, 2.05) is 57.9 Å². The quantitative estimate of drug-likeness (QED) is 0.853. The molecule has 0 saturated carbocycles. The van der Waals surface area contributed by atoms with E-state index in [1.54, 1.807) is 0 Å². The van der Waals surface area contributed by atoms with Gasteiger partial charge in [-0.15, -0.1) is 0 Å². The van der Waals surface area contributed by atoms with Gasteiger partial charge < -0.3 is 19.4 Å². The molecule has 0 aliphatic carbocycles. The first-order valence-electron chi connectivity index (χ1n) is 7.37. The summed E-state index contributed by atoms with van der Waals surface area (Å²) in [5.74, 6) is 2.43. The Hall–Kier alpha value is -1.79. The second kappa shape index (κ2) is 5.14. The minimum absolute atomic E-state index is 0.0530. The summed E-state index contributed by atoms with van der Waals surface area (Å²) in [7, 11) is -0.373. The molecule has 2 aliphatic rings. The lowest BCUT2D eigenvalue weighted by atomic mass is 9.89. The van der Waals surface area contributed by atoms with E-state index in [0.29, 0.717) is 11.4 Å². The maximum absolute atomic E-state index is 11.2. The van der Waals surface area contributed by atoms with Crippen molar-refractivity contribution >= 4 is 24.8 Å². The third kappa shape index (κ3) is 2.76. The third-order valence-corrected chi connectivity index (χ3v) is 4.36. The summed E-state index contributed by atoms with van der Waals surface area (Å²) in [6, 6.07) is 5.63. The molecule has 1 fully saturated rings. The number of carbonyl (C=O) groups is 1. The molecule has 6 heteroatoms. The van der Waals surface area contributed by atoms with E-state index >= 15 is 0 Å². The predicted octanol–water partition coefficient (Wildman–Crippen LogP) is 2.66. The van der Waals surface area contributed by atoms with Gasteiger partial charge in [-0.05, 0) is 45.4 Å². The first-order valence-corrected chi connectivity index (χ1v) is 7.37. The van der Waals surface area contributed by atoms with Crippen molar-refractivity contribution < 1.29 is 18.8 Å². The molecule has 2 aliphatic heterocycles. The van der Waals surface area contributed by atoms with Gasteiger partial charge in [0.1, 0.15) is 5.75 Å². The van der Waals surface area contributed by atoms with Crippen molar-refractivity contribution in [2.75, 3.05) is 11.9 Å². The van der Waals surface area contributed by atoms with E-state index in [1.165, 1.54) is 0 Å². The fraction of sp³-hybridized carbons (Fsp3) is 0.438. The summed E-state index contributed by atoms with van der Waals surface area (Å²) in [6.45, 7) is 8.15. The zero-order chi connectivity index (χ0) is 16.0. The summed E-state index contributed by atoms with van der Waals surface area (Å²) in [5, 5.41) is 2.77. The number of amides is 1. The van der Waals surface area contributed by atoms with Crippen LogP contribution in [0.5, 0.6) is 5.75 Å². The minimum atomic E-state index is -0.373. The molecule has 3 rings (SSSR count). The number of anilines is 1. The largest absolute Gasteiger partial charge is 0.487 e. The Bertz CT molecular complexity index is 623. The highest BCUT2D eigenvalue weighted by Gasteiger charge is 2.49. The Labute approximate surface area is 130 Å². The number of nitrogens with one attached hydrogen (secondary N) is 1. The Morgan fingerprint density at radius 3 is 2.55 bits per heavy atom. The van der Waals surface area contributed by atoms with E-state index in [9.17, 15) is 4.79 Å². The highest BCUT2D eigenvalue weighted by molar-refractivity contribution is 6.52. The Balaban J connectivity index is 1.73. The second-order valence-corrected chi connectivity index (χ2v) is 6.58.